The summed E-state index contributed by atoms with van der Waals surface area (Å²) in [5.41, 5.74) is 2.24. The smallest absolute Gasteiger partial charge is 0.269 e. The predicted octanol–water partition coefficient (Wildman–Crippen LogP) is 3.33. The number of non-ortho nitro benzene ring substituents is 1. The molecule has 1 atom stereocenters. The molecule has 0 aliphatic carbocycles. The number of rotatable bonds is 6. The number of ether oxygens (including phenoxy) is 2. The lowest BCUT2D eigenvalue weighted by Crippen LogP contribution is -2.38. The Morgan fingerprint density at radius 3 is 2.77 bits per heavy atom. The highest BCUT2D eigenvalue weighted by Crippen LogP contribution is 2.46. The molecule has 3 aliphatic rings. The number of fused-ring (bicyclic) bond motifs is 3. The fourth-order valence-electron chi connectivity index (χ4n) is 3.88. The van der Waals surface area contributed by atoms with Gasteiger partial charge in [0.1, 0.15) is 12.4 Å². The Kier molecular flexibility index (Phi) is 5.32. The van der Waals surface area contributed by atoms with E-state index in [9.17, 15) is 10.1 Å². The number of amidine groups is 1. The lowest BCUT2D eigenvalue weighted by atomic mass is 10.1. The van der Waals surface area contributed by atoms with Crippen LogP contribution in [-0.4, -0.2) is 61.0 Å². The van der Waals surface area contributed by atoms with E-state index >= 15 is 0 Å². The molecule has 0 spiro atoms. The number of hydrogen-bond donors (Lipinski definition) is 0. The molecule has 2 aromatic carbocycles. The van der Waals surface area contributed by atoms with E-state index in [0.29, 0.717) is 6.61 Å². The predicted molar refractivity (Wildman–Crippen MR) is 116 cm³/mol. The van der Waals surface area contributed by atoms with Crippen LogP contribution in [0.2, 0.25) is 0 Å². The third kappa shape index (κ3) is 3.88. The largest absolute Gasteiger partial charge is 0.492 e. The lowest BCUT2D eigenvalue weighted by molar-refractivity contribution is -0.384. The van der Waals surface area contributed by atoms with Gasteiger partial charge in [-0.3, -0.25) is 20.0 Å². The Balaban J connectivity index is 1.21. The summed E-state index contributed by atoms with van der Waals surface area (Å²) in [6.45, 7) is 5.84. The second kappa shape index (κ2) is 8.25. The maximum Gasteiger partial charge on any atom is 0.269 e. The topological polar surface area (TPSA) is 80.4 Å². The Morgan fingerprint density at radius 1 is 1.20 bits per heavy atom. The maximum atomic E-state index is 10.9. The molecule has 1 fully saturated rings. The van der Waals surface area contributed by atoms with E-state index in [2.05, 4.69) is 21.9 Å². The van der Waals surface area contributed by atoms with Crippen molar-refractivity contribution in [1.82, 2.24) is 4.90 Å². The van der Waals surface area contributed by atoms with Crippen molar-refractivity contribution < 1.29 is 14.4 Å². The zero-order chi connectivity index (χ0) is 20.5. The van der Waals surface area contributed by atoms with Crippen molar-refractivity contribution in [1.29, 1.82) is 0 Å². The molecule has 5 rings (SSSR count). The molecule has 8 nitrogen and oxygen atoms in total. The molecular weight excluding hydrogens is 404 g/mol. The van der Waals surface area contributed by atoms with E-state index in [1.54, 1.807) is 36.0 Å². The highest BCUT2D eigenvalue weighted by molar-refractivity contribution is 8.14. The zero-order valence-electron chi connectivity index (χ0n) is 16.4. The highest BCUT2D eigenvalue weighted by atomic mass is 32.2. The average molecular weight is 426 g/mol. The molecule has 0 amide bonds. The van der Waals surface area contributed by atoms with Crippen LogP contribution in [0.15, 0.2) is 52.4 Å². The second-order valence-corrected chi connectivity index (χ2v) is 8.43. The van der Waals surface area contributed by atoms with Crippen LogP contribution in [-0.2, 0) is 4.74 Å². The van der Waals surface area contributed by atoms with Gasteiger partial charge < -0.3 is 14.4 Å². The number of hydrogen-bond acceptors (Lipinski definition) is 8. The minimum Gasteiger partial charge on any atom is -0.492 e. The molecule has 3 heterocycles. The minimum absolute atomic E-state index is 0.00842. The van der Waals surface area contributed by atoms with Crippen molar-refractivity contribution in [2.24, 2.45) is 4.99 Å². The van der Waals surface area contributed by atoms with Crippen LogP contribution in [0.3, 0.4) is 0 Å². The normalized spacial score (nSPS) is 20.6. The highest BCUT2D eigenvalue weighted by Gasteiger charge is 2.35. The molecule has 9 heteroatoms. The van der Waals surface area contributed by atoms with E-state index < -0.39 is 0 Å². The standard InChI is InChI=1S/C21H22N4O4S/c26-25(27)16-3-1-15(2-4-16)18-14-24-19-6-5-17(13-20(19)30-21(24)22-18)29-12-9-23-7-10-28-11-8-23/h1-6,13,18H,7-12,14H2. The van der Waals surface area contributed by atoms with Crippen molar-refractivity contribution in [3.8, 4) is 5.75 Å². The van der Waals surface area contributed by atoms with Gasteiger partial charge in [0.05, 0.1) is 36.4 Å². The third-order valence-electron chi connectivity index (χ3n) is 5.54. The van der Waals surface area contributed by atoms with Gasteiger partial charge in [0.15, 0.2) is 5.17 Å². The fourth-order valence-corrected chi connectivity index (χ4v) is 5.00. The number of benzene rings is 2. The summed E-state index contributed by atoms with van der Waals surface area (Å²) in [5, 5.41) is 11.8. The number of thioether (sulfide) groups is 1. The van der Waals surface area contributed by atoms with Gasteiger partial charge >= 0.3 is 0 Å². The quantitative estimate of drug-likeness (QED) is 0.518. The van der Waals surface area contributed by atoms with Crippen LogP contribution in [0.5, 0.6) is 5.75 Å². The van der Waals surface area contributed by atoms with Gasteiger partial charge in [-0.25, -0.2) is 0 Å². The number of nitro benzene ring substituents is 1. The van der Waals surface area contributed by atoms with E-state index in [0.717, 1.165) is 66.5 Å². The molecule has 0 saturated carbocycles. The molecule has 0 bridgehead atoms. The van der Waals surface area contributed by atoms with Crippen LogP contribution in [0, 0.1) is 10.1 Å². The van der Waals surface area contributed by atoms with Gasteiger partial charge in [-0.1, -0.05) is 0 Å². The monoisotopic (exact) mass is 426 g/mol. The Labute approximate surface area is 178 Å². The summed E-state index contributed by atoms with van der Waals surface area (Å²) in [6.07, 6.45) is 0. The van der Waals surface area contributed by atoms with Crippen molar-refractivity contribution >= 4 is 28.3 Å². The Morgan fingerprint density at radius 2 is 2.00 bits per heavy atom. The first kappa shape index (κ1) is 19.3. The molecule has 2 aromatic rings. The Bertz CT molecular complexity index is 975. The number of aliphatic imine (C=N–C) groups is 1. The van der Waals surface area contributed by atoms with E-state index in [1.807, 2.05) is 6.07 Å². The van der Waals surface area contributed by atoms with E-state index in [4.69, 9.17) is 14.5 Å². The molecule has 0 aromatic heterocycles. The maximum absolute atomic E-state index is 10.9. The number of anilines is 1. The number of nitrogens with zero attached hydrogens (tertiary/aromatic N) is 4. The fraction of sp³-hybridized carbons (Fsp3) is 0.381. The van der Waals surface area contributed by atoms with Gasteiger partial charge in [-0.2, -0.15) is 0 Å². The van der Waals surface area contributed by atoms with Gasteiger partial charge in [0.2, 0.25) is 0 Å². The van der Waals surface area contributed by atoms with Crippen LogP contribution in [0.4, 0.5) is 11.4 Å². The lowest BCUT2D eigenvalue weighted by Gasteiger charge is -2.26. The van der Waals surface area contributed by atoms with Gasteiger partial charge in [-0.15, -0.1) is 0 Å². The summed E-state index contributed by atoms with van der Waals surface area (Å²) < 4.78 is 11.3. The van der Waals surface area contributed by atoms with Crippen molar-refractivity contribution in [2.45, 2.75) is 10.9 Å². The van der Waals surface area contributed by atoms with Crippen molar-refractivity contribution in [2.75, 3.05) is 50.9 Å². The molecule has 30 heavy (non-hydrogen) atoms. The van der Waals surface area contributed by atoms with E-state index in [-0.39, 0.29) is 16.7 Å². The first-order valence-electron chi connectivity index (χ1n) is 10.0. The summed E-state index contributed by atoms with van der Waals surface area (Å²) in [6, 6.07) is 12.9. The molecule has 156 valence electrons. The first-order valence-corrected chi connectivity index (χ1v) is 10.8. The summed E-state index contributed by atoms with van der Waals surface area (Å²) >= 11 is 1.65. The molecule has 1 unspecified atom stereocenters. The average Bonchev–Trinajstić information content (AvgIpc) is 3.32. The summed E-state index contributed by atoms with van der Waals surface area (Å²) in [5.74, 6) is 0.878. The van der Waals surface area contributed by atoms with Crippen molar-refractivity contribution in [3.05, 3.63) is 58.1 Å². The van der Waals surface area contributed by atoms with Crippen molar-refractivity contribution in [3.63, 3.8) is 0 Å². The molecule has 1 saturated heterocycles. The van der Waals surface area contributed by atoms with Crippen LogP contribution in [0.25, 0.3) is 0 Å². The van der Waals surface area contributed by atoms with E-state index in [1.165, 1.54) is 0 Å². The molecular formula is C21H22N4O4S. The number of nitro groups is 1. The van der Waals surface area contributed by atoms with Gasteiger partial charge in [0, 0.05) is 36.7 Å². The summed E-state index contributed by atoms with van der Waals surface area (Å²) in [7, 11) is 0. The SMILES string of the molecule is O=[N+]([O-])c1ccc(C2CN3C(=N2)Sc2cc(OCCN4CCOCC4)ccc23)cc1. The van der Waals surface area contributed by atoms with Gasteiger partial charge in [0.25, 0.3) is 5.69 Å². The van der Waals surface area contributed by atoms with Gasteiger partial charge in [-0.05, 0) is 47.7 Å². The number of morpholine rings is 1. The van der Waals surface area contributed by atoms with Crippen LogP contribution in [0.1, 0.15) is 11.6 Å². The molecule has 0 N–H and O–H groups in total. The molecule has 3 aliphatic heterocycles. The van der Waals surface area contributed by atoms with Crippen LogP contribution < -0.4 is 9.64 Å². The molecule has 0 radical (unpaired) electrons. The Hall–Kier alpha value is -2.62. The minimum atomic E-state index is -0.380. The first-order chi connectivity index (χ1) is 14.7. The third-order valence-corrected chi connectivity index (χ3v) is 6.60. The zero-order valence-corrected chi connectivity index (χ0v) is 17.2. The summed E-state index contributed by atoms with van der Waals surface area (Å²) in [4.78, 5) is 21.0. The van der Waals surface area contributed by atoms with Crippen LogP contribution >= 0.6 is 11.8 Å². The second-order valence-electron chi connectivity index (χ2n) is 7.42.